The normalized spacial score (nSPS) is 10.5. The van der Waals surface area contributed by atoms with Crippen molar-refractivity contribution in [1.82, 2.24) is 0 Å². The van der Waals surface area contributed by atoms with E-state index in [2.05, 4.69) is 13.8 Å². The smallest absolute Gasteiger partial charge is 0.131 e. The summed E-state index contributed by atoms with van der Waals surface area (Å²) < 4.78 is 5.83. The third-order valence-corrected chi connectivity index (χ3v) is 2.87. The van der Waals surface area contributed by atoms with E-state index in [4.69, 9.17) is 34.3 Å². The zero-order valence-corrected chi connectivity index (χ0v) is 11.1. The van der Waals surface area contributed by atoms with E-state index in [1.807, 2.05) is 0 Å². The summed E-state index contributed by atoms with van der Waals surface area (Å²) in [6.07, 6.45) is 2.06. The van der Waals surface area contributed by atoms with Crippen molar-refractivity contribution < 1.29 is 4.74 Å². The van der Waals surface area contributed by atoms with Crippen LogP contribution >= 0.6 is 23.8 Å². The second-order valence-electron chi connectivity index (χ2n) is 3.56. The molecule has 1 rings (SSSR count). The SMILES string of the molecule is CCC(CC)Oc1cc(Cl)ccc1C(N)=S. The van der Waals surface area contributed by atoms with E-state index in [-0.39, 0.29) is 6.10 Å². The Hall–Kier alpha value is -0.800. The molecule has 0 aromatic heterocycles. The number of hydrogen-bond acceptors (Lipinski definition) is 2. The van der Waals surface area contributed by atoms with Crippen LogP contribution in [0.4, 0.5) is 0 Å². The topological polar surface area (TPSA) is 35.2 Å². The minimum atomic E-state index is 0.173. The van der Waals surface area contributed by atoms with Gasteiger partial charge in [0.25, 0.3) is 0 Å². The summed E-state index contributed by atoms with van der Waals surface area (Å²) in [5.74, 6) is 0.675. The van der Waals surface area contributed by atoms with E-state index in [1.165, 1.54) is 0 Å². The van der Waals surface area contributed by atoms with Gasteiger partial charge in [-0.05, 0) is 31.0 Å². The fourth-order valence-corrected chi connectivity index (χ4v) is 1.76. The lowest BCUT2D eigenvalue weighted by atomic mass is 10.2. The summed E-state index contributed by atoms with van der Waals surface area (Å²) in [7, 11) is 0. The van der Waals surface area contributed by atoms with E-state index < -0.39 is 0 Å². The number of benzene rings is 1. The van der Waals surface area contributed by atoms with Crippen molar-refractivity contribution in [3.63, 3.8) is 0 Å². The van der Waals surface area contributed by atoms with Crippen LogP contribution in [0.1, 0.15) is 32.3 Å². The predicted molar refractivity (Wildman–Crippen MR) is 72.3 cm³/mol. The predicted octanol–water partition coefficient (Wildman–Crippen LogP) is 3.54. The second-order valence-corrected chi connectivity index (χ2v) is 4.44. The second kappa shape index (κ2) is 6.06. The number of thiocarbonyl (C=S) groups is 1. The molecule has 0 saturated carbocycles. The quantitative estimate of drug-likeness (QED) is 0.820. The van der Waals surface area contributed by atoms with Gasteiger partial charge < -0.3 is 10.5 Å². The Morgan fingerprint density at radius 1 is 1.44 bits per heavy atom. The molecule has 4 heteroatoms. The summed E-state index contributed by atoms with van der Waals surface area (Å²) in [4.78, 5) is 0.331. The van der Waals surface area contributed by atoms with Crippen LogP contribution in [0.2, 0.25) is 5.02 Å². The summed E-state index contributed by atoms with van der Waals surface area (Å²) in [5, 5.41) is 0.626. The van der Waals surface area contributed by atoms with Gasteiger partial charge in [-0.2, -0.15) is 0 Å². The zero-order chi connectivity index (χ0) is 12.1. The lowest BCUT2D eigenvalue weighted by Crippen LogP contribution is -2.18. The van der Waals surface area contributed by atoms with Crippen molar-refractivity contribution in [1.29, 1.82) is 0 Å². The van der Waals surface area contributed by atoms with Crippen molar-refractivity contribution in [2.45, 2.75) is 32.8 Å². The van der Waals surface area contributed by atoms with Crippen molar-refractivity contribution in [3.8, 4) is 5.75 Å². The van der Waals surface area contributed by atoms with Crippen LogP contribution < -0.4 is 10.5 Å². The molecule has 1 aromatic rings. The molecule has 2 N–H and O–H groups in total. The molecule has 88 valence electrons. The molecule has 1 aromatic carbocycles. The molecule has 0 bridgehead atoms. The molecule has 0 unspecified atom stereocenters. The maximum absolute atomic E-state index is 5.93. The van der Waals surface area contributed by atoms with Crippen LogP contribution in [-0.4, -0.2) is 11.1 Å². The van der Waals surface area contributed by atoms with E-state index in [1.54, 1.807) is 18.2 Å². The molecule has 0 saturated heterocycles. The Kier molecular flexibility index (Phi) is 5.03. The van der Waals surface area contributed by atoms with Crippen molar-refractivity contribution >= 4 is 28.8 Å². The summed E-state index contributed by atoms with van der Waals surface area (Å²) in [6.45, 7) is 4.16. The fourth-order valence-electron chi connectivity index (χ4n) is 1.43. The maximum atomic E-state index is 5.93. The highest BCUT2D eigenvalue weighted by Gasteiger charge is 2.11. The highest BCUT2D eigenvalue weighted by Crippen LogP contribution is 2.25. The van der Waals surface area contributed by atoms with Gasteiger partial charge >= 0.3 is 0 Å². The molecule has 0 heterocycles. The van der Waals surface area contributed by atoms with Gasteiger partial charge in [0.15, 0.2) is 0 Å². The third-order valence-electron chi connectivity index (χ3n) is 2.41. The standard InChI is InChI=1S/C12H16ClNOS/c1-3-9(4-2)15-11-7-8(13)5-6-10(11)12(14)16/h5-7,9H,3-4H2,1-2H3,(H2,14,16). The van der Waals surface area contributed by atoms with Gasteiger partial charge in [0, 0.05) is 5.02 Å². The van der Waals surface area contributed by atoms with Gasteiger partial charge in [0.1, 0.15) is 10.7 Å². The first-order valence-corrected chi connectivity index (χ1v) is 6.13. The van der Waals surface area contributed by atoms with E-state index >= 15 is 0 Å². The molecule has 0 radical (unpaired) electrons. The van der Waals surface area contributed by atoms with E-state index in [9.17, 15) is 0 Å². The summed E-state index contributed by atoms with van der Waals surface area (Å²) in [6, 6.07) is 5.31. The number of nitrogens with two attached hydrogens (primary N) is 1. The number of rotatable bonds is 5. The Morgan fingerprint density at radius 2 is 2.06 bits per heavy atom. The molecule has 2 nitrogen and oxygen atoms in total. The molecule has 16 heavy (non-hydrogen) atoms. The average Bonchev–Trinajstić information content (AvgIpc) is 2.25. The third kappa shape index (κ3) is 3.35. The minimum Gasteiger partial charge on any atom is -0.490 e. The monoisotopic (exact) mass is 257 g/mol. The highest BCUT2D eigenvalue weighted by atomic mass is 35.5. The number of ether oxygens (including phenoxy) is 1. The lowest BCUT2D eigenvalue weighted by molar-refractivity contribution is 0.192. The summed E-state index contributed by atoms with van der Waals surface area (Å²) >= 11 is 10.9. The van der Waals surface area contributed by atoms with Crippen LogP contribution in [0.15, 0.2) is 18.2 Å². The van der Waals surface area contributed by atoms with Crippen LogP contribution in [0.25, 0.3) is 0 Å². The molecule has 0 fully saturated rings. The largest absolute Gasteiger partial charge is 0.490 e. The highest BCUT2D eigenvalue weighted by molar-refractivity contribution is 7.80. The van der Waals surface area contributed by atoms with Crippen LogP contribution in [0, 0.1) is 0 Å². The van der Waals surface area contributed by atoms with Crippen LogP contribution in [0.3, 0.4) is 0 Å². The Balaban J connectivity index is 3.00. The molecule has 0 atom stereocenters. The van der Waals surface area contributed by atoms with Gasteiger partial charge in [0.05, 0.1) is 11.7 Å². The number of hydrogen-bond donors (Lipinski definition) is 1. The Labute approximate surface area is 107 Å². The fraction of sp³-hybridized carbons (Fsp3) is 0.417. The molecule has 0 aliphatic rings. The molecular weight excluding hydrogens is 242 g/mol. The summed E-state index contributed by atoms with van der Waals surface area (Å²) in [5.41, 5.74) is 6.37. The van der Waals surface area contributed by atoms with E-state index in [0.29, 0.717) is 15.8 Å². The van der Waals surface area contributed by atoms with Gasteiger partial charge in [-0.1, -0.05) is 37.7 Å². The zero-order valence-electron chi connectivity index (χ0n) is 9.50. The first-order valence-electron chi connectivity index (χ1n) is 5.34. The van der Waals surface area contributed by atoms with Gasteiger partial charge in [-0.3, -0.25) is 0 Å². The minimum absolute atomic E-state index is 0.173. The van der Waals surface area contributed by atoms with Gasteiger partial charge in [0.2, 0.25) is 0 Å². The van der Waals surface area contributed by atoms with Crippen molar-refractivity contribution in [3.05, 3.63) is 28.8 Å². The first kappa shape index (κ1) is 13.3. The molecule has 0 spiro atoms. The molecule has 0 amide bonds. The first-order chi connectivity index (χ1) is 7.58. The number of halogens is 1. The van der Waals surface area contributed by atoms with Gasteiger partial charge in [-0.25, -0.2) is 0 Å². The Morgan fingerprint density at radius 3 is 2.56 bits per heavy atom. The Bertz CT molecular complexity index is 377. The molecular formula is C12H16ClNOS. The van der Waals surface area contributed by atoms with Crippen LogP contribution in [0.5, 0.6) is 5.75 Å². The lowest BCUT2D eigenvalue weighted by Gasteiger charge is -2.18. The average molecular weight is 258 g/mol. The van der Waals surface area contributed by atoms with Crippen molar-refractivity contribution in [2.75, 3.05) is 0 Å². The van der Waals surface area contributed by atoms with Gasteiger partial charge in [-0.15, -0.1) is 0 Å². The van der Waals surface area contributed by atoms with Crippen molar-refractivity contribution in [2.24, 2.45) is 5.73 Å². The van der Waals surface area contributed by atoms with E-state index in [0.717, 1.165) is 18.4 Å². The maximum Gasteiger partial charge on any atom is 0.131 e. The molecule has 0 aliphatic carbocycles. The molecule has 0 aliphatic heterocycles. The van der Waals surface area contributed by atoms with Crippen LogP contribution in [-0.2, 0) is 0 Å².